The molecule has 1 saturated heterocycles. The Hall–Kier alpha value is -1.90. The van der Waals surface area contributed by atoms with E-state index in [1.165, 1.54) is 0 Å². The second-order valence-electron chi connectivity index (χ2n) is 10.3. The fraction of sp³-hybridized carbons (Fsp3) is 0.850. The van der Waals surface area contributed by atoms with Gasteiger partial charge in [0.2, 0.25) is 5.91 Å². The zero-order chi connectivity index (χ0) is 23.0. The largest absolute Gasteiger partial charge is 0.490 e. The number of halogens is 3. The molecule has 6 rings (SSSR count). The molecule has 4 bridgehead atoms. The van der Waals surface area contributed by atoms with Crippen LogP contribution < -0.4 is 5.73 Å². The molecule has 31 heavy (non-hydrogen) atoms. The molecule has 5 aliphatic carbocycles. The first-order chi connectivity index (χ1) is 14.2. The number of hydrogen-bond acceptors (Lipinski definition) is 6. The molecule has 6 aliphatic rings. The quantitative estimate of drug-likeness (QED) is 0.494. The Morgan fingerprint density at radius 3 is 2.10 bits per heavy atom. The number of carbonyl (C=O) groups is 2. The van der Waals surface area contributed by atoms with Crippen LogP contribution in [0, 0.1) is 28.6 Å². The number of fused-ring (bicyclic) bond motifs is 1. The molecule has 0 radical (unpaired) electrons. The molecule has 6 fully saturated rings. The standard InChI is InChI=1S/C18H25N3O3.C2HF3O2/c19-6-12-1-11-2-13(11)21(12)15(22)14(20)16-3-10-4-17(23,7-16)9-18(24,5-10)8-16;3-2(4,5)1(6)7/h10-14,23-24H,1-5,7-9,20H2;(H,6,7)/t10?,11-,12+,13+,14-,16?,17-,18+;/m1./s1. The minimum atomic E-state index is -5.08. The van der Waals surface area contributed by atoms with E-state index in [2.05, 4.69) is 6.07 Å². The Labute approximate surface area is 176 Å². The number of carboxylic acids is 1. The van der Waals surface area contributed by atoms with Gasteiger partial charge in [0.1, 0.15) is 6.04 Å². The van der Waals surface area contributed by atoms with Gasteiger partial charge < -0.3 is 26.0 Å². The lowest BCUT2D eigenvalue weighted by Gasteiger charge is -2.64. The van der Waals surface area contributed by atoms with Gasteiger partial charge in [0.15, 0.2) is 0 Å². The average Bonchev–Trinajstić information content (AvgIpc) is 3.27. The van der Waals surface area contributed by atoms with Gasteiger partial charge in [-0.2, -0.15) is 18.4 Å². The van der Waals surface area contributed by atoms with Gasteiger partial charge in [-0.05, 0) is 56.8 Å². The summed E-state index contributed by atoms with van der Waals surface area (Å²) in [6.07, 6.45) is 0.331. The van der Waals surface area contributed by atoms with Crippen molar-refractivity contribution in [3.63, 3.8) is 0 Å². The molecule has 172 valence electrons. The van der Waals surface area contributed by atoms with Crippen LogP contribution in [0.25, 0.3) is 0 Å². The first-order valence-corrected chi connectivity index (χ1v) is 10.4. The number of rotatable bonds is 2. The topological polar surface area (TPSA) is 148 Å². The predicted molar refractivity (Wildman–Crippen MR) is 97.9 cm³/mol. The molecule has 0 aromatic heterocycles. The van der Waals surface area contributed by atoms with Crippen LogP contribution in [0.2, 0.25) is 0 Å². The molecule has 0 aromatic rings. The minimum absolute atomic E-state index is 0.138. The van der Waals surface area contributed by atoms with Crippen molar-refractivity contribution < 1.29 is 38.1 Å². The van der Waals surface area contributed by atoms with Gasteiger partial charge in [0.25, 0.3) is 0 Å². The lowest BCUT2D eigenvalue weighted by Crippen LogP contribution is -2.69. The highest BCUT2D eigenvalue weighted by molar-refractivity contribution is 5.84. The van der Waals surface area contributed by atoms with Gasteiger partial charge in [-0.25, -0.2) is 4.79 Å². The summed E-state index contributed by atoms with van der Waals surface area (Å²) in [6, 6.07) is 1.36. The van der Waals surface area contributed by atoms with Gasteiger partial charge in [-0.15, -0.1) is 0 Å². The number of carbonyl (C=O) groups excluding carboxylic acids is 1. The average molecular weight is 445 g/mol. The fourth-order valence-corrected chi connectivity index (χ4v) is 7.07. The Balaban J connectivity index is 0.000000289. The highest BCUT2D eigenvalue weighted by atomic mass is 19.4. The normalized spacial score (nSPS) is 45.3. The van der Waals surface area contributed by atoms with Crippen LogP contribution in [0.1, 0.15) is 51.4 Å². The third kappa shape index (κ3) is 3.79. The van der Waals surface area contributed by atoms with Crippen LogP contribution in [0.5, 0.6) is 0 Å². The molecule has 1 aliphatic heterocycles. The third-order valence-electron chi connectivity index (χ3n) is 7.73. The molecule has 11 heteroatoms. The molecular formula is C20H26F3N3O5. The highest BCUT2D eigenvalue weighted by Crippen LogP contribution is 2.64. The molecular weight excluding hydrogens is 419 g/mol. The third-order valence-corrected chi connectivity index (χ3v) is 7.73. The van der Waals surface area contributed by atoms with Gasteiger partial charge >= 0.3 is 12.1 Å². The zero-order valence-corrected chi connectivity index (χ0v) is 16.8. The Morgan fingerprint density at radius 1 is 1.10 bits per heavy atom. The monoisotopic (exact) mass is 445 g/mol. The summed E-state index contributed by atoms with van der Waals surface area (Å²) in [6.45, 7) is 0. The van der Waals surface area contributed by atoms with Crippen molar-refractivity contribution in [2.45, 2.75) is 86.9 Å². The van der Waals surface area contributed by atoms with Crippen molar-refractivity contribution in [2.24, 2.45) is 23.0 Å². The summed E-state index contributed by atoms with van der Waals surface area (Å²) in [4.78, 5) is 23.8. The molecule has 1 heterocycles. The van der Waals surface area contributed by atoms with Crippen molar-refractivity contribution >= 4 is 11.9 Å². The first kappa shape index (κ1) is 22.3. The number of nitrogens with zero attached hydrogens (tertiary/aromatic N) is 2. The molecule has 1 amide bonds. The maximum absolute atomic E-state index is 13.2. The zero-order valence-electron chi connectivity index (χ0n) is 16.8. The van der Waals surface area contributed by atoms with Crippen molar-refractivity contribution in [1.82, 2.24) is 4.90 Å². The molecule has 8 atom stereocenters. The second kappa shape index (κ2) is 6.80. The number of likely N-dealkylation sites (tertiary alicyclic amines) is 1. The highest BCUT2D eigenvalue weighted by Gasteiger charge is 2.66. The number of nitrogens with two attached hydrogens (primary N) is 1. The summed E-state index contributed by atoms with van der Waals surface area (Å²) in [5.74, 6) is -2.18. The molecule has 0 spiro atoms. The van der Waals surface area contributed by atoms with Crippen LogP contribution in [0.3, 0.4) is 0 Å². The smallest absolute Gasteiger partial charge is 0.475 e. The van der Waals surface area contributed by atoms with E-state index in [1.807, 2.05) is 0 Å². The lowest BCUT2D eigenvalue weighted by atomic mass is 9.44. The number of piperidine rings is 1. The number of alkyl halides is 3. The molecule has 5 N–H and O–H groups in total. The fourth-order valence-electron chi connectivity index (χ4n) is 7.07. The number of amides is 1. The van der Waals surface area contributed by atoms with E-state index in [0.29, 0.717) is 38.0 Å². The van der Waals surface area contributed by atoms with Gasteiger partial charge in [-0.3, -0.25) is 4.79 Å². The van der Waals surface area contributed by atoms with Crippen LogP contribution in [0.4, 0.5) is 13.2 Å². The molecule has 0 aromatic carbocycles. The number of hydrogen-bond donors (Lipinski definition) is 4. The molecule has 8 nitrogen and oxygen atoms in total. The first-order valence-electron chi connectivity index (χ1n) is 10.4. The van der Waals surface area contributed by atoms with Crippen LogP contribution >= 0.6 is 0 Å². The summed E-state index contributed by atoms with van der Waals surface area (Å²) in [5.41, 5.74) is 4.21. The maximum Gasteiger partial charge on any atom is 0.490 e. The maximum atomic E-state index is 13.2. The number of carboxylic acid groups (broad SMARTS) is 1. The van der Waals surface area contributed by atoms with E-state index in [-0.39, 0.29) is 23.9 Å². The van der Waals surface area contributed by atoms with Crippen LogP contribution in [-0.2, 0) is 9.59 Å². The SMILES string of the molecule is N#C[C@@H]1C[C@@H]2C[C@@H]2N1C(=O)[C@@H](N)C12CC3C[C@@](O)(C1)C[C@](O)(C3)C2.O=C(O)C(F)(F)F. The Bertz CT molecular complexity index is 825. The summed E-state index contributed by atoms with van der Waals surface area (Å²) in [5, 5.41) is 38.3. The van der Waals surface area contributed by atoms with E-state index in [0.717, 1.165) is 19.3 Å². The van der Waals surface area contributed by atoms with Gasteiger partial charge in [0.05, 0.1) is 23.3 Å². The predicted octanol–water partition coefficient (Wildman–Crippen LogP) is 0.906. The van der Waals surface area contributed by atoms with E-state index >= 15 is 0 Å². The van der Waals surface area contributed by atoms with Crippen molar-refractivity contribution in [2.75, 3.05) is 0 Å². The van der Waals surface area contributed by atoms with Crippen molar-refractivity contribution in [3.8, 4) is 6.07 Å². The molecule has 5 saturated carbocycles. The van der Waals surface area contributed by atoms with Crippen molar-refractivity contribution in [1.29, 1.82) is 5.26 Å². The summed E-state index contributed by atoms with van der Waals surface area (Å²) in [7, 11) is 0. The number of aliphatic hydroxyl groups is 2. The summed E-state index contributed by atoms with van der Waals surface area (Å²) < 4.78 is 31.7. The number of nitriles is 1. The minimum Gasteiger partial charge on any atom is -0.475 e. The van der Waals surface area contributed by atoms with Gasteiger partial charge in [0, 0.05) is 17.9 Å². The second-order valence-corrected chi connectivity index (χ2v) is 10.3. The number of aliphatic carboxylic acids is 1. The molecule has 2 unspecified atom stereocenters. The summed E-state index contributed by atoms with van der Waals surface area (Å²) >= 11 is 0. The Kier molecular flexibility index (Phi) is 4.89. The van der Waals surface area contributed by atoms with E-state index in [1.54, 1.807) is 4.90 Å². The van der Waals surface area contributed by atoms with Crippen LogP contribution in [0.15, 0.2) is 0 Å². The lowest BCUT2D eigenvalue weighted by molar-refractivity contribution is -0.234. The van der Waals surface area contributed by atoms with E-state index in [4.69, 9.17) is 15.6 Å². The Morgan fingerprint density at radius 2 is 1.65 bits per heavy atom. The van der Waals surface area contributed by atoms with Gasteiger partial charge in [-0.1, -0.05) is 0 Å². The van der Waals surface area contributed by atoms with E-state index < -0.39 is 34.8 Å². The van der Waals surface area contributed by atoms with Crippen LogP contribution in [-0.4, -0.2) is 67.6 Å². The van der Waals surface area contributed by atoms with Crippen molar-refractivity contribution in [3.05, 3.63) is 0 Å². The van der Waals surface area contributed by atoms with E-state index in [9.17, 15) is 33.4 Å².